The van der Waals surface area contributed by atoms with E-state index in [0.29, 0.717) is 6.04 Å². The van der Waals surface area contributed by atoms with Crippen LogP contribution in [0.3, 0.4) is 0 Å². The van der Waals surface area contributed by atoms with Crippen LogP contribution in [0.1, 0.15) is 25.7 Å². The average Bonchev–Trinajstić information content (AvgIpc) is 2.05. The van der Waals surface area contributed by atoms with E-state index in [-0.39, 0.29) is 5.92 Å². The summed E-state index contributed by atoms with van der Waals surface area (Å²) in [6.45, 7) is 0. The van der Waals surface area contributed by atoms with Gasteiger partial charge in [-0.2, -0.15) is 0 Å². The first-order chi connectivity index (χ1) is 5.24. The van der Waals surface area contributed by atoms with Gasteiger partial charge in [-0.1, -0.05) is 0 Å². The minimum atomic E-state index is -0.628. The Kier molecular flexibility index (Phi) is 3.58. The number of carboxylic acid groups (broad SMARTS) is 1. The van der Waals surface area contributed by atoms with Crippen molar-refractivity contribution in [1.29, 1.82) is 0 Å². The van der Waals surface area contributed by atoms with Crippen molar-refractivity contribution in [3.05, 3.63) is 0 Å². The Bertz CT molecular complexity index is 143. The number of hydrogen-bond acceptors (Lipinski definition) is 2. The highest BCUT2D eigenvalue weighted by molar-refractivity contribution is 14.1. The second-order valence-electron chi connectivity index (χ2n) is 3.00. The lowest BCUT2D eigenvalue weighted by Crippen LogP contribution is -2.29. The van der Waals surface area contributed by atoms with Crippen molar-refractivity contribution >= 4 is 28.8 Å². The zero-order valence-electron chi connectivity index (χ0n) is 6.22. The van der Waals surface area contributed by atoms with Crippen LogP contribution in [0.15, 0.2) is 0 Å². The molecule has 0 bridgehead atoms. The van der Waals surface area contributed by atoms with Gasteiger partial charge in [-0.25, -0.2) is 0 Å². The van der Waals surface area contributed by atoms with E-state index >= 15 is 0 Å². The summed E-state index contributed by atoms with van der Waals surface area (Å²) in [5.74, 6) is -0.715. The summed E-state index contributed by atoms with van der Waals surface area (Å²) >= 11 is 2.13. The molecular formula is C7H12INO2. The van der Waals surface area contributed by atoms with Crippen LogP contribution in [0.25, 0.3) is 0 Å². The summed E-state index contributed by atoms with van der Waals surface area (Å²) in [6.07, 6.45) is 3.66. The van der Waals surface area contributed by atoms with Crippen molar-refractivity contribution in [2.24, 2.45) is 5.92 Å². The van der Waals surface area contributed by atoms with Crippen molar-refractivity contribution in [1.82, 2.24) is 3.53 Å². The van der Waals surface area contributed by atoms with E-state index in [1.807, 2.05) is 0 Å². The van der Waals surface area contributed by atoms with E-state index in [0.717, 1.165) is 25.7 Å². The fraction of sp³-hybridized carbons (Fsp3) is 0.857. The second kappa shape index (κ2) is 4.25. The monoisotopic (exact) mass is 269 g/mol. The molecule has 0 radical (unpaired) electrons. The van der Waals surface area contributed by atoms with Crippen LogP contribution in [-0.2, 0) is 4.79 Å². The van der Waals surface area contributed by atoms with Crippen LogP contribution in [-0.4, -0.2) is 17.1 Å². The summed E-state index contributed by atoms with van der Waals surface area (Å²) in [5.41, 5.74) is 0. The minimum Gasteiger partial charge on any atom is -0.481 e. The highest BCUT2D eigenvalue weighted by Gasteiger charge is 2.24. The quantitative estimate of drug-likeness (QED) is 0.591. The molecule has 0 atom stereocenters. The lowest BCUT2D eigenvalue weighted by molar-refractivity contribution is -0.142. The number of rotatable bonds is 2. The van der Waals surface area contributed by atoms with Gasteiger partial charge < -0.3 is 5.11 Å². The molecule has 2 N–H and O–H groups in total. The summed E-state index contributed by atoms with van der Waals surface area (Å²) in [6, 6.07) is 0.534. The maximum absolute atomic E-state index is 10.5. The molecule has 0 saturated heterocycles. The van der Waals surface area contributed by atoms with Crippen molar-refractivity contribution in [2.75, 3.05) is 0 Å². The molecule has 1 saturated carbocycles. The molecule has 1 aliphatic carbocycles. The first-order valence-electron chi connectivity index (χ1n) is 3.83. The predicted molar refractivity (Wildman–Crippen MR) is 50.5 cm³/mol. The van der Waals surface area contributed by atoms with E-state index in [4.69, 9.17) is 5.11 Å². The van der Waals surface area contributed by atoms with Gasteiger partial charge in [0.25, 0.3) is 0 Å². The maximum Gasteiger partial charge on any atom is 0.306 e. The van der Waals surface area contributed by atoms with Crippen LogP contribution in [0, 0.1) is 5.92 Å². The van der Waals surface area contributed by atoms with Gasteiger partial charge in [-0.15, -0.1) is 0 Å². The van der Waals surface area contributed by atoms with Gasteiger partial charge >= 0.3 is 5.97 Å². The number of aliphatic carboxylic acids is 1. The molecule has 0 spiro atoms. The molecule has 0 aliphatic heterocycles. The van der Waals surface area contributed by atoms with Crippen molar-refractivity contribution in [3.8, 4) is 0 Å². The van der Waals surface area contributed by atoms with Crippen LogP contribution in [0.4, 0.5) is 0 Å². The largest absolute Gasteiger partial charge is 0.481 e. The second-order valence-corrected chi connectivity index (χ2v) is 3.62. The van der Waals surface area contributed by atoms with Crippen LogP contribution in [0.2, 0.25) is 0 Å². The summed E-state index contributed by atoms with van der Waals surface area (Å²) < 4.78 is 3.14. The van der Waals surface area contributed by atoms with Crippen molar-refractivity contribution in [3.63, 3.8) is 0 Å². The fourth-order valence-electron chi connectivity index (χ4n) is 1.45. The number of nitrogens with one attached hydrogen (secondary N) is 1. The summed E-state index contributed by atoms with van der Waals surface area (Å²) in [5, 5.41) is 8.67. The molecule has 0 heterocycles. The molecule has 0 aromatic carbocycles. The van der Waals surface area contributed by atoms with E-state index in [1.165, 1.54) is 0 Å². The number of halogens is 1. The third kappa shape index (κ3) is 2.59. The Labute approximate surface area is 80.0 Å². The molecule has 0 aromatic rings. The smallest absolute Gasteiger partial charge is 0.306 e. The van der Waals surface area contributed by atoms with Crippen molar-refractivity contribution < 1.29 is 9.90 Å². The topological polar surface area (TPSA) is 49.3 Å². The SMILES string of the molecule is O=C(O)[C@H]1CC[C@H](NI)CC1. The molecular weight excluding hydrogens is 257 g/mol. The average molecular weight is 269 g/mol. The Morgan fingerprint density at radius 2 is 1.91 bits per heavy atom. The summed E-state index contributed by atoms with van der Waals surface area (Å²) in [7, 11) is 0. The molecule has 0 aromatic heterocycles. The van der Waals surface area contributed by atoms with Gasteiger partial charge in [0, 0.05) is 28.9 Å². The van der Waals surface area contributed by atoms with E-state index < -0.39 is 5.97 Å². The number of carbonyl (C=O) groups is 1. The molecule has 1 rings (SSSR count). The van der Waals surface area contributed by atoms with E-state index in [1.54, 1.807) is 0 Å². The first-order valence-corrected chi connectivity index (χ1v) is 4.91. The molecule has 0 amide bonds. The van der Waals surface area contributed by atoms with Gasteiger partial charge in [-0.05, 0) is 25.7 Å². The molecule has 3 nitrogen and oxygen atoms in total. The van der Waals surface area contributed by atoms with E-state index in [9.17, 15) is 4.79 Å². The standard InChI is InChI=1S/C7H12INO2/c8-9-6-3-1-5(2-4-6)7(10)11/h5-6,9H,1-4H2,(H,10,11)/t5-,6-. The third-order valence-corrected chi connectivity index (χ3v) is 3.11. The maximum atomic E-state index is 10.5. The molecule has 64 valence electrons. The normalized spacial score (nSPS) is 31.7. The van der Waals surface area contributed by atoms with Crippen LogP contribution >= 0.6 is 22.9 Å². The Balaban J connectivity index is 2.30. The molecule has 11 heavy (non-hydrogen) atoms. The molecule has 4 heteroatoms. The lowest BCUT2D eigenvalue weighted by Gasteiger charge is -2.24. The first kappa shape index (κ1) is 9.25. The van der Waals surface area contributed by atoms with Gasteiger partial charge in [0.15, 0.2) is 0 Å². The van der Waals surface area contributed by atoms with Crippen molar-refractivity contribution in [2.45, 2.75) is 31.7 Å². The Morgan fingerprint density at radius 1 is 1.36 bits per heavy atom. The third-order valence-electron chi connectivity index (χ3n) is 2.23. The fourth-order valence-corrected chi connectivity index (χ4v) is 2.07. The van der Waals surface area contributed by atoms with E-state index in [2.05, 4.69) is 26.4 Å². The van der Waals surface area contributed by atoms with Gasteiger partial charge in [0.2, 0.25) is 0 Å². The minimum absolute atomic E-state index is 0.0870. The summed E-state index contributed by atoms with van der Waals surface area (Å²) in [4.78, 5) is 10.5. The van der Waals surface area contributed by atoms with Crippen LogP contribution < -0.4 is 3.53 Å². The highest BCUT2D eigenvalue weighted by Crippen LogP contribution is 2.24. The molecule has 1 fully saturated rings. The highest BCUT2D eigenvalue weighted by atomic mass is 127. The predicted octanol–water partition coefficient (Wildman–Crippen LogP) is 1.57. The Morgan fingerprint density at radius 3 is 2.27 bits per heavy atom. The van der Waals surface area contributed by atoms with Gasteiger partial charge in [0.05, 0.1) is 5.92 Å². The number of hydrogen-bond donors (Lipinski definition) is 2. The van der Waals surface area contributed by atoms with Gasteiger partial charge in [0.1, 0.15) is 0 Å². The lowest BCUT2D eigenvalue weighted by atomic mass is 9.87. The zero-order chi connectivity index (χ0) is 8.27. The molecule has 1 aliphatic rings. The zero-order valence-corrected chi connectivity index (χ0v) is 8.37. The Hall–Kier alpha value is 0.160. The molecule has 0 unspecified atom stereocenters. The van der Waals surface area contributed by atoms with Gasteiger partial charge in [-0.3, -0.25) is 8.32 Å². The van der Waals surface area contributed by atoms with Crippen LogP contribution in [0.5, 0.6) is 0 Å². The number of carboxylic acids is 1.